The monoisotopic (exact) mass is 1080 g/mol. The van der Waals surface area contributed by atoms with Crippen molar-refractivity contribution in [3.05, 3.63) is 83.5 Å². The van der Waals surface area contributed by atoms with Crippen LogP contribution in [-0.2, 0) is 17.8 Å². The van der Waals surface area contributed by atoms with Gasteiger partial charge in [-0.2, -0.15) is 0 Å². The summed E-state index contributed by atoms with van der Waals surface area (Å²) in [4.78, 5) is 82.7. The first-order valence-electron chi connectivity index (χ1n) is 25.3. The molecule has 6 aromatic heterocycles. The summed E-state index contributed by atoms with van der Waals surface area (Å²) in [6, 6.07) is 5.46. The molecule has 4 N–H and O–H groups in total. The van der Waals surface area contributed by atoms with Crippen molar-refractivity contribution in [3.63, 3.8) is 0 Å². The average molecular weight is 1080 g/mol. The quantitative estimate of drug-likeness (QED) is 0.0361. The maximum atomic E-state index is 12.4. The molecule has 2 aliphatic heterocycles. The van der Waals surface area contributed by atoms with Crippen LogP contribution in [0.4, 0.5) is 26.9 Å². The summed E-state index contributed by atoms with van der Waals surface area (Å²) in [5.74, 6) is 4.65. The molecule has 1 aromatic carbocycles. The lowest BCUT2D eigenvalue weighted by atomic mass is 10.2. The van der Waals surface area contributed by atoms with Crippen molar-refractivity contribution in [2.75, 3.05) is 91.3 Å². The van der Waals surface area contributed by atoms with Crippen LogP contribution in [0.3, 0.4) is 0 Å². The molecular weight excluding hydrogens is 1010 g/mol. The zero-order valence-corrected chi connectivity index (χ0v) is 45.5. The molecule has 2 saturated heterocycles. The zero-order chi connectivity index (χ0) is 55.4. The van der Waals surface area contributed by atoms with Gasteiger partial charge in [0.25, 0.3) is 5.69 Å². The second-order valence-electron chi connectivity index (χ2n) is 18.3. The number of nitrogens with one attached hydrogen (secondary N) is 3. The lowest BCUT2D eigenvalue weighted by Crippen LogP contribution is -2.32. The van der Waals surface area contributed by atoms with Gasteiger partial charge >= 0.3 is 11.5 Å². The van der Waals surface area contributed by atoms with Crippen molar-refractivity contribution in [1.29, 1.82) is 0 Å². The van der Waals surface area contributed by atoms with Gasteiger partial charge in [-0.15, -0.1) is 0 Å². The number of carbonyl (C=O) groups is 2. The summed E-state index contributed by atoms with van der Waals surface area (Å²) in [7, 11) is 8.00. The summed E-state index contributed by atoms with van der Waals surface area (Å²) >= 11 is 4.92. The summed E-state index contributed by atoms with van der Waals surface area (Å²) in [6.07, 6.45) is 13.6. The van der Waals surface area contributed by atoms with E-state index in [4.69, 9.17) is 31.4 Å². The van der Waals surface area contributed by atoms with Crippen LogP contribution in [0.15, 0.2) is 61.7 Å². The second-order valence-corrected chi connectivity index (χ2v) is 18.6. The molecule has 1 amide bonds. The first-order chi connectivity index (χ1) is 37.1. The second kappa shape index (κ2) is 29.0. The highest BCUT2D eigenvalue weighted by atomic mass is 35.5. The summed E-state index contributed by atoms with van der Waals surface area (Å²) in [5, 5.41) is 28.8. The number of nitro benzene ring substituents is 1. The van der Waals surface area contributed by atoms with E-state index < -0.39 is 10.4 Å². The minimum atomic E-state index is -0.978. The third-order valence-corrected chi connectivity index (χ3v) is 12.0. The fraction of sp³-hybridized carbons (Fsp3) is 0.480. The third-order valence-electron chi connectivity index (χ3n) is 11.9. The van der Waals surface area contributed by atoms with Crippen molar-refractivity contribution in [3.8, 4) is 28.5 Å². The number of carbonyl (C=O) groups excluding carboxylic acids is 2. The first-order valence-corrected chi connectivity index (χ1v) is 25.6. The van der Waals surface area contributed by atoms with Gasteiger partial charge in [-0.05, 0) is 107 Å². The van der Waals surface area contributed by atoms with Gasteiger partial charge in [0.15, 0.2) is 34.0 Å². The lowest BCUT2D eigenvalue weighted by molar-refractivity contribution is -0.384. The number of rotatable bonds is 17. The number of ether oxygens (including phenoxy) is 2. The average Bonchev–Trinajstić information content (AvgIpc) is 4.35. The Morgan fingerprint density at radius 2 is 1.30 bits per heavy atom. The number of aryl methyl sites for hydroxylation is 4. The molecule has 77 heavy (non-hydrogen) atoms. The van der Waals surface area contributed by atoms with E-state index in [2.05, 4.69) is 81.8 Å². The van der Waals surface area contributed by atoms with Gasteiger partial charge in [-0.1, -0.05) is 0 Å². The van der Waals surface area contributed by atoms with Crippen LogP contribution < -0.4 is 20.7 Å². The number of aliphatic hydroxyl groups excluding tert-OH is 1. The number of nitro groups is 1. The summed E-state index contributed by atoms with van der Waals surface area (Å²) in [5.41, 5.74) is 3.73. The minimum absolute atomic E-state index is 0.0651. The number of likely N-dealkylation sites (tertiary alicyclic amines) is 1. The topological polar surface area (TPSA) is 301 Å². The fourth-order valence-corrected chi connectivity index (χ4v) is 8.18. The van der Waals surface area contributed by atoms with Gasteiger partial charge in [-0.3, -0.25) is 10.1 Å². The predicted molar refractivity (Wildman–Crippen MR) is 292 cm³/mol. The van der Waals surface area contributed by atoms with Crippen LogP contribution in [-0.4, -0.2) is 188 Å². The van der Waals surface area contributed by atoms with Gasteiger partial charge in [0.1, 0.15) is 41.7 Å². The van der Waals surface area contributed by atoms with Crippen LogP contribution in [0.5, 0.6) is 5.75 Å². The number of fused-ring (bicyclic) bond motifs is 2. The summed E-state index contributed by atoms with van der Waals surface area (Å²) in [6.45, 7) is 15.1. The molecule has 0 bridgehead atoms. The Labute approximate surface area is 451 Å². The van der Waals surface area contributed by atoms with Crippen molar-refractivity contribution in [2.45, 2.75) is 78.6 Å². The van der Waals surface area contributed by atoms with Crippen molar-refractivity contribution < 1.29 is 29.1 Å². The van der Waals surface area contributed by atoms with E-state index in [9.17, 15) is 19.7 Å². The van der Waals surface area contributed by atoms with Gasteiger partial charge in [0.05, 0.1) is 22.7 Å². The Kier molecular flexibility index (Phi) is 22.1. The number of halogens is 1. The number of anilines is 2. The van der Waals surface area contributed by atoms with Crippen LogP contribution in [0.2, 0.25) is 0 Å². The SMILES string of the molecule is CCn1c(-c2cnc(C)nc2)nc2c(N[C@H]3CCN(C(=O)OCCCN(C)C)C3)ncnc21.CCn1c(-c2cnc(C)nc2)nc2c(N[C@H]3CCNC3)ncnc21.CN(C)CCCO.O=C(Cl)Oc1ccc([N+](=O)[O-])cc1. The molecule has 9 rings (SSSR count). The first kappa shape index (κ1) is 58.6. The van der Waals surface area contributed by atoms with E-state index in [1.54, 1.807) is 42.3 Å². The van der Waals surface area contributed by atoms with Crippen molar-refractivity contribution in [2.24, 2.45) is 0 Å². The van der Waals surface area contributed by atoms with Crippen molar-refractivity contribution >= 4 is 62.8 Å². The lowest BCUT2D eigenvalue weighted by Gasteiger charge is -2.17. The van der Waals surface area contributed by atoms with Crippen LogP contribution in [0.1, 0.15) is 51.2 Å². The molecule has 2 fully saturated rings. The Hall–Kier alpha value is -7.65. The highest BCUT2D eigenvalue weighted by Crippen LogP contribution is 2.29. The van der Waals surface area contributed by atoms with E-state index in [1.165, 1.54) is 24.3 Å². The molecule has 2 aliphatic rings. The Morgan fingerprint density at radius 1 is 0.779 bits per heavy atom. The Morgan fingerprint density at radius 3 is 1.74 bits per heavy atom. The number of benzene rings is 1. The standard InChI is InChI=1S/C22H31N9O2.C16H20N8.C7H4ClNO4.C5H13NO/c1-5-31-20(16-11-23-15(2)24-12-16)28-18-19(25-14-26-21(18)31)27-17-7-9-30(13-17)22(32)33-10-6-8-29(3)4;1-3-24-15(11-6-18-10(2)19-7-11)23-13-14(20-9-21-16(13)24)22-12-4-5-17-8-12;8-7(10)13-6-3-1-5(2-4-6)9(11)12;1-6(2)4-3-5-7/h11-12,14,17H,5-10,13H2,1-4H3,(H,25,26,27);6-7,9,12,17H,3-5,8H2,1-2H3,(H,20,21,22);1-4H;7H,3-5H2,1-2H3/t17-;12-;;/m00../s1. The van der Waals surface area contributed by atoms with E-state index >= 15 is 0 Å². The zero-order valence-electron chi connectivity index (χ0n) is 44.8. The van der Waals surface area contributed by atoms with E-state index in [0.717, 1.165) is 110 Å². The van der Waals surface area contributed by atoms with Gasteiger partial charge in [0, 0.05) is 106 Å². The maximum Gasteiger partial charge on any atom is 0.409 e. The molecule has 26 nitrogen and oxygen atoms in total. The molecule has 0 unspecified atom stereocenters. The van der Waals surface area contributed by atoms with Crippen LogP contribution in [0.25, 0.3) is 45.1 Å². The Bertz CT molecular complexity index is 2990. The molecule has 412 valence electrons. The highest BCUT2D eigenvalue weighted by molar-refractivity contribution is 6.61. The molecule has 0 spiro atoms. The minimum Gasteiger partial charge on any atom is -0.449 e. The molecular formula is C50H68ClN19O7. The molecule has 0 saturated carbocycles. The number of amides is 1. The maximum absolute atomic E-state index is 12.4. The van der Waals surface area contributed by atoms with Gasteiger partial charge in [0.2, 0.25) is 0 Å². The number of imidazole rings is 2. The van der Waals surface area contributed by atoms with Crippen LogP contribution >= 0.6 is 11.6 Å². The molecule has 0 radical (unpaired) electrons. The predicted octanol–water partition coefficient (Wildman–Crippen LogP) is 5.83. The Balaban J connectivity index is 0.000000189. The number of aliphatic hydroxyl groups is 1. The molecule has 2 atom stereocenters. The molecule has 27 heteroatoms. The number of aromatic nitrogens is 12. The third kappa shape index (κ3) is 16.9. The highest BCUT2D eigenvalue weighted by Gasteiger charge is 2.29. The smallest absolute Gasteiger partial charge is 0.409 e. The largest absolute Gasteiger partial charge is 0.449 e. The normalized spacial score (nSPS) is 14.8. The van der Waals surface area contributed by atoms with Crippen LogP contribution in [0, 0.1) is 24.0 Å². The van der Waals surface area contributed by atoms with E-state index in [-0.39, 0.29) is 23.6 Å². The number of non-ortho nitro benzene ring substituents is 1. The summed E-state index contributed by atoms with van der Waals surface area (Å²) < 4.78 is 14.0. The van der Waals surface area contributed by atoms with E-state index in [0.29, 0.717) is 56.0 Å². The van der Waals surface area contributed by atoms with Crippen molar-refractivity contribution in [1.82, 2.24) is 79.0 Å². The van der Waals surface area contributed by atoms with E-state index in [1.807, 2.05) is 53.5 Å². The van der Waals surface area contributed by atoms with Gasteiger partial charge < -0.3 is 54.4 Å². The molecule has 7 aromatic rings. The number of nitrogens with zero attached hydrogens (tertiary/aromatic N) is 16. The molecule has 0 aliphatic carbocycles. The van der Waals surface area contributed by atoms with Gasteiger partial charge in [-0.25, -0.2) is 59.4 Å². The fourth-order valence-electron chi connectivity index (χ4n) is 8.10. The number of hydrogen-bond donors (Lipinski definition) is 4. The molecule has 8 heterocycles. The number of hydrogen-bond acceptors (Lipinski definition) is 22.